The largest absolute Gasteiger partial charge is 0.481 e. The van der Waals surface area contributed by atoms with Gasteiger partial charge in [-0.25, -0.2) is 0 Å². The van der Waals surface area contributed by atoms with E-state index in [4.69, 9.17) is 9.99 Å². The van der Waals surface area contributed by atoms with Gasteiger partial charge in [0.25, 0.3) is 0 Å². The molecule has 0 bridgehead atoms. The summed E-state index contributed by atoms with van der Waals surface area (Å²) >= 11 is 0. The van der Waals surface area contributed by atoms with Gasteiger partial charge in [-0.3, -0.25) is 4.79 Å². The average molecular weight is 180 g/mol. The molecule has 2 rings (SSSR count). The highest BCUT2D eigenvalue weighted by Gasteiger charge is 2.28. The number of hydrogen-bond acceptors (Lipinski definition) is 3. The summed E-state index contributed by atoms with van der Waals surface area (Å²) in [6, 6.07) is 6.97. The van der Waals surface area contributed by atoms with Crippen LogP contribution in [0.4, 0.5) is 0 Å². The smallest absolute Gasteiger partial charge is 0.313 e. The second kappa shape index (κ2) is 3.06. The summed E-state index contributed by atoms with van der Waals surface area (Å²) in [5, 5.41) is 8.85. The number of aliphatic carboxylic acids is 1. The molecule has 1 N–H and O–H groups in total. The minimum atomic E-state index is -0.893. The Morgan fingerprint density at radius 3 is 3.00 bits per heavy atom. The molecule has 0 fully saturated rings. The summed E-state index contributed by atoms with van der Waals surface area (Å²) in [5.41, 5.74) is 0.668. The van der Waals surface area contributed by atoms with E-state index in [1.807, 2.05) is 0 Å². The van der Waals surface area contributed by atoms with Gasteiger partial charge < -0.3 is 9.99 Å². The summed E-state index contributed by atoms with van der Waals surface area (Å²) in [7, 11) is 0. The molecule has 0 amide bonds. The maximum Gasteiger partial charge on any atom is 0.313 e. The lowest BCUT2D eigenvalue weighted by molar-refractivity contribution is -0.223. The third-order valence-corrected chi connectivity index (χ3v) is 1.98. The molecule has 0 radical (unpaired) electrons. The first-order valence-electron chi connectivity index (χ1n) is 3.90. The zero-order chi connectivity index (χ0) is 9.26. The molecule has 68 valence electrons. The van der Waals surface area contributed by atoms with Gasteiger partial charge in [0, 0.05) is 5.56 Å². The van der Waals surface area contributed by atoms with Crippen LogP contribution < -0.4 is 4.89 Å². The third-order valence-electron chi connectivity index (χ3n) is 1.98. The van der Waals surface area contributed by atoms with E-state index in [1.165, 1.54) is 0 Å². The Kier molecular flexibility index (Phi) is 1.90. The number of fused-ring (bicyclic) bond motifs is 1. The van der Waals surface area contributed by atoms with Crippen molar-refractivity contribution in [1.82, 2.24) is 0 Å². The number of benzene rings is 1. The number of carboxylic acid groups (broad SMARTS) is 1. The number of carboxylic acids is 1. The van der Waals surface area contributed by atoms with E-state index in [0.29, 0.717) is 11.3 Å². The fourth-order valence-corrected chi connectivity index (χ4v) is 1.30. The first kappa shape index (κ1) is 8.07. The van der Waals surface area contributed by atoms with Crippen LogP contribution in [0.3, 0.4) is 0 Å². The van der Waals surface area contributed by atoms with Crippen LogP contribution in [0.25, 0.3) is 0 Å². The molecular weight excluding hydrogens is 172 g/mol. The molecule has 0 aromatic heterocycles. The van der Waals surface area contributed by atoms with Gasteiger partial charge in [0.1, 0.15) is 12.5 Å². The molecule has 0 spiro atoms. The van der Waals surface area contributed by atoms with Crippen LogP contribution in [-0.2, 0) is 9.68 Å². The van der Waals surface area contributed by atoms with Crippen LogP contribution in [0.1, 0.15) is 11.5 Å². The fourth-order valence-electron chi connectivity index (χ4n) is 1.30. The highest BCUT2D eigenvalue weighted by molar-refractivity contribution is 5.77. The number of para-hydroxylation sites is 1. The van der Waals surface area contributed by atoms with Gasteiger partial charge in [-0.1, -0.05) is 18.2 Å². The van der Waals surface area contributed by atoms with Gasteiger partial charge in [0.05, 0.1) is 0 Å². The van der Waals surface area contributed by atoms with Crippen LogP contribution in [0.5, 0.6) is 5.75 Å². The quantitative estimate of drug-likeness (QED) is 0.659. The summed E-state index contributed by atoms with van der Waals surface area (Å²) in [5.74, 6) is -1.03. The van der Waals surface area contributed by atoms with Crippen LogP contribution >= 0.6 is 0 Å². The van der Waals surface area contributed by atoms with Crippen LogP contribution in [0, 0.1) is 0 Å². The lowest BCUT2D eigenvalue weighted by Gasteiger charge is -2.20. The highest BCUT2D eigenvalue weighted by Crippen LogP contribution is 2.30. The van der Waals surface area contributed by atoms with Crippen molar-refractivity contribution >= 4 is 5.97 Å². The van der Waals surface area contributed by atoms with Crippen LogP contribution in [0.15, 0.2) is 24.3 Å². The van der Waals surface area contributed by atoms with Gasteiger partial charge in [-0.15, -0.1) is 0 Å². The molecule has 1 aromatic rings. The van der Waals surface area contributed by atoms with Gasteiger partial charge in [-0.2, -0.15) is 4.89 Å². The van der Waals surface area contributed by atoms with Crippen molar-refractivity contribution in [3.05, 3.63) is 29.8 Å². The van der Waals surface area contributed by atoms with E-state index < -0.39 is 11.9 Å². The Bertz CT molecular complexity index is 334. The minimum Gasteiger partial charge on any atom is -0.481 e. The van der Waals surface area contributed by atoms with Crippen molar-refractivity contribution in [3.63, 3.8) is 0 Å². The highest BCUT2D eigenvalue weighted by atomic mass is 17.2. The summed E-state index contributed by atoms with van der Waals surface area (Å²) in [6.45, 7) is 0.0619. The molecule has 1 heterocycles. The summed E-state index contributed by atoms with van der Waals surface area (Å²) < 4.78 is 0. The maximum atomic E-state index is 10.8. The van der Waals surface area contributed by atoms with E-state index in [2.05, 4.69) is 4.89 Å². The predicted molar refractivity (Wildman–Crippen MR) is 43.4 cm³/mol. The van der Waals surface area contributed by atoms with Crippen LogP contribution in [-0.4, -0.2) is 17.7 Å². The molecule has 0 saturated carbocycles. The minimum absolute atomic E-state index is 0.0619. The van der Waals surface area contributed by atoms with Crippen molar-refractivity contribution in [2.24, 2.45) is 0 Å². The Balaban J connectivity index is 2.42. The lowest BCUT2D eigenvalue weighted by atomic mass is 9.99. The van der Waals surface area contributed by atoms with Gasteiger partial charge in [0.15, 0.2) is 5.75 Å². The molecule has 1 aromatic carbocycles. The molecule has 1 aliphatic heterocycles. The van der Waals surface area contributed by atoms with Crippen LogP contribution in [0.2, 0.25) is 0 Å². The van der Waals surface area contributed by atoms with Gasteiger partial charge in [-0.05, 0) is 6.07 Å². The third kappa shape index (κ3) is 1.36. The molecule has 13 heavy (non-hydrogen) atoms. The Hall–Kier alpha value is -1.55. The first-order valence-corrected chi connectivity index (χ1v) is 3.90. The Labute approximate surface area is 74.6 Å². The molecule has 4 nitrogen and oxygen atoms in total. The fraction of sp³-hybridized carbons (Fsp3) is 0.222. The summed E-state index contributed by atoms with van der Waals surface area (Å²) in [6.07, 6.45) is 0. The normalized spacial score (nSPS) is 20.2. The van der Waals surface area contributed by atoms with Crippen molar-refractivity contribution < 1.29 is 19.7 Å². The first-order chi connectivity index (χ1) is 6.29. The van der Waals surface area contributed by atoms with Crippen molar-refractivity contribution in [2.45, 2.75) is 5.92 Å². The summed E-state index contributed by atoms with van der Waals surface area (Å²) in [4.78, 5) is 20.3. The molecule has 0 saturated heterocycles. The van der Waals surface area contributed by atoms with E-state index in [9.17, 15) is 4.79 Å². The monoisotopic (exact) mass is 180 g/mol. The molecule has 1 atom stereocenters. The zero-order valence-corrected chi connectivity index (χ0v) is 6.77. The molecule has 0 aliphatic carbocycles. The van der Waals surface area contributed by atoms with Crippen molar-refractivity contribution in [2.75, 3.05) is 6.61 Å². The Morgan fingerprint density at radius 2 is 2.23 bits per heavy atom. The van der Waals surface area contributed by atoms with E-state index in [0.717, 1.165) is 0 Å². The van der Waals surface area contributed by atoms with Crippen molar-refractivity contribution in [3.8, 4) is 5.75 Å². The number of hydrogen-bond donors (Lipinski definition) is 1. The average Bonchev–Trinajstić information content (AvgIpc) is 2.17. The van der Waals surface area contributed by atoms with E-state index in [-0.39, 0.29) is 6.61 Å². The maximum absolute atomic E-state index is 10.8. The predicted octanol–water partition coefficient (Wildman–Crippen LogP) is 1.18. The van der Waals surface area contributed by atoms with E-state index in [1.54, 1.807) is 24.3 Å². The SMILES string of the molecule is O=C(O)C1COOc2ccccc21. The topological polar surface area (TPSA) is 55.8 Å². The van der Waals surface area contributed by atoms with E-state index >= 15 is 0 Å². The second-order valence-electron chi connectivity index (χ2n) is 2.80. The number of carbonyl (C=O) groups is 1. The van der Waals surface area contributed by atoms with Crippen molar-refractivity contribution in [1.29, 1.82) is 0 Å². The molecular formula is C9H8O4. The Morgan fingerprint density at radius 1 is 1.46 bits per heavy atom. The second-order valence-corrected chi connectivity index (χ2v) is 2.80. The molecule has 1 unspecified atom stereocenters. The standard InChI is InChI=1S/C9H8O4/c10-9(11)7-5-12-13-8-4-2-1-3-6(7)8/h1-4,7H,5H2,(H,10,11). The number of rotatable bonds is 1. The van der Waals surface area contributed by atoms with Gasteiger partial charge in [0.2, 0.25) is 0 Å². The molecule has 1 aliphatic rings. The zero-order valence-electron chi connectivity index (χ0n) is 6.77. The molecule has 4 heteroatoms. The van der Waals surface area contributed by atoms with Gasteiger partial charge >= 0.3 is 5.97 Å². The lowest BCUT2D eigenvalue weighted by Crippen LogP contribution is -2.23.